The quantitative estimate of drug-likeness (QED) is 0.286. The van der Waals surface area contributed by atoms with Crippen LogP contribution in [0.5, 0.6) is 0 Å². The third-order valence-electron chi connectivity index (χ3n) is 7.64. The Morgan fingerprint density at radius 1 is 1.20 bits per heavy atom. The fourth-order valence-corrected chi connectivity index (χ4v) is 6.03. The summed E-state index contributed by atoms with van der Waals surface area (Å²) in [4.78, 5) is 26.4. The van der Waals surface area contributed by atoms with Crippen LogP contribution in [0.25, 0.3) is 16.9 Å². The molecule has 1 atom stereocenters. The SMILES string of the molecule is CCc1nc2ccc(C3CCN(CC(=O)NCC(C)CO)CC3)cn2c1N(C)c1nc(-c2ccc(F)cc2)cs1. The molecule has 1 aromatic carbocycles. The van der Waals surface area contributed by atoms with Crippen molar-refractivity contribution in [3.8, 4) is 11.3 Å². The van der Waals surface area contributed by atoms with E-state index in [4.69, 9.17) is 15.1 Å². The molecule has 212 valence electrons. The number of aryl methyl sites for hydroxylation is 1. The molecule has 5 rings (SSSR count). The molecule has 0 saturated carbocycles. The number of nitrogens with one attached hydrogen (secondary N) is 1. The third-order valence-corrected chi connectivity index (χ3v) is 8.56. The topological polar surface area (TPSA) is 86.0 Å². The van der Waals surface area contributed by atoms with Gasteiger partial charge in [-0.25, -0.2) is 14.4 Å². The number of carbonyl (C=O) groups excluding carboxylic acids is 1. The molecule has 40 heavy (non-hydrogen) atoms. The molecule has 4 heterocycles. The second-order valence-electron chi connectivity index (χ2n) is 10.6. The first-order valence-electron chi connectivity index (χ1n) is 13.9. The molecule has 2 N–H and O–H groups in total. The van der Waals surface area contributed by atoms with Gasteiger partial charge in [0.05, 0.1) is 17.9 Å². The second kappa shape index (κ2) is 12.4. The van der Waals surface area contributed by atoms with Crippen molar-refractivity contribution >= 4 is 33.8 Å². The Morgan fingerprint density at radius 3 is 2.65 bits per heavy atom. The minimum atomic E-state index is -0.259. The highest BCUT2D eigenvalue weighted by Gasteiger charge is 2.24. The number of rotatable bonds is 10. The van der Waals surface area contributed by atoms with Crippen LogP contribution >= 0.6 is 11.3 Å². The van der Waals surface area contributed by atoms with Gasteiger partial charge in [0.25, 0.3) is 0 Å². The molecule has 0 spiro atoms. The molecule has 1 saturated heterocycles. The average molecular weight is 565 g/mol. The van der Waals surface area contributed by atoms with E-state index in [1.807, 2.05) is 19.4 Å². The number of aliphatic hydroxyl groups is 1. The molecular formula is C30H37FN6O2S. The van der Waals surface area contributed by atoms with Crippen molar-refractivity contribution in [2.45, 2.75) is 39.0 Å². The van der Waals surface area contributed by atoms with Crippen LogP contribution < -0.4 is 10.2 Å². The number of amides is 1. The Kier molecular flexibility index (Phi) is 8.78. The average Bonchev–Trinajstić information content (AvgIpc) is 3.61. The summed E-state index contributed by atoms with van der Waals surface area (Å²) in [5, 5.41) is 14.9. The van der Waals surface area contributed by atoms with Gasteiger partial charge >= 0.3 is 0 Å². The Balaban J connectivity index is 1.31. The Bertz CT molecular complexity index is 1440. The number of fused-ring (bicyclic) bond motifs is 1. The number of anilines is 2. The summed E-state index contributed by atoms with van der Waals surface area (Å²) < 4.78 is 15.6. The summed E-state index contributed by atoms with van der Waals surface area (Å²) in [6, 6.07) is 10.7. The normalized spacial score (nSPS) is 15.4. The molecule has 1 unspecified atom stereocenters. The van der Waals surface area contributed by atoms with Crippen molar-refractivity contribution in [2.24, 2.45) is 5.92 Å². The van der Waals surface area contributed by atoms with E-state index in [1.54, 1.807) is 23.5 Å². The molecule has 0 aliphatic carbocycles. The number of nitrogens with zero attached hydrogens (tertiary/aromatic N) is 5. The number of thiazole rings is 1. The van der Waals surface area contributed by atoms with Gasteiger partial charge in [-0.3, -0.25) is 14.1 Å². The highest BCUT2D eigenvalue weighted by Crippen LogP contribution is 2.35. The number of imidazole rings is 1. The summed E-state index contributed by atoms with van der Waals surface area (Å²) in [6.45, 7) is 6.74. The second-order valence-corrected chi connectivity index (χ2v) is 11.5. The van der Waals surface area contributed by atoms with Crippen LogP contribution in [0, 0.1) is 11.7 Å². The van der Waals surface area contributed by atoms with Crippen LogP contribution in [0.15, 0.2) is 48.0 Å². The van der Waals surface area contributed by atoms with Crippen molar-refractivity contribution in [1.29, 1.82) is 0 Å². The van der Waals surface area contributed by atoms with Crippen LogP contribution in [0.1, 0.15) is 43.9 Å². The lowest BCUT2D eigenvalue weighted by atomic mass is 9.90. The molecular weight excluding hydrogens is 527 g/mol. The summed E-state index contributed by atoms with van der Waals surface area (Å²) in [5.41, 5.74) is 4.90. The molecule has 1 amide bonds. The van der Waals surface area contributed by atoms with E-state index in [2.05, 4.69) is 44.8 Å². The Labute approximate surface area is 238 Å². The van der Waals surface area contributed by atoms with E-state index in [-0.39, 0.29) is 24.2 Å². The Hall–Kier alpha value is -3.34. The maximum absolute atomic E-state index is 13.4. The minimum absolute atomic E-state index is 0.0168. The van der Waals surface area contributed by atoms with Gasteiger partial charge < -0.3 is 15.3 Å². The van der Waals surface area contributed by atoms with Crippen LogP contribution in [-0.4, -0.2) is 70.1 Å². The smallest absolute Gasteiger partial charge is 0.234 e. The van der Waals surface area contributed by atoms with Gasteiger partial charge in [-0.1, -0.05) is 19.9 Å². The van der Waals surface area contributed by atoms with Crippen LogP contribution in [0.4, 0.5) is 15.3 Å². The molecule has 0 bridgehead atoms. The molecule has 3 aromatic heterocycles. The highest BCUT2D eigenvalue weighted by molar-refractivity contribution is 7.14. The van der Waals surface area contributed by atoms with Crippen molar-refractivity contribution in [3.05, 3.63) is 65.0 Å². The molecule has 1 aliphatic rings. The maximum Gasteiger partial charge on any atom is 0.234 e. The minimum Gasteiger partial charge on any atom is -0.396 e. The number of aliphatic hydroxyl groups excluding tert-OH is 1. The first-order chi connectivity index (χ1) is 19.4. The van der Waals surface area contributed by atoms with Crippen molar-refractivity contribution in [1.82, 2.24) is 24.6 Å². The molecule has 8 nitrogen and oxygen atoms in total. The standard InChI is InChI=1S/C30H37FN6O2S/c1-4-25-29(35(3)30-34-26(19-40-30)22-5-8-24(31)9-6-22)37-16-23(7-10-27(37)33-25)21-11-13-36(14-12-21)17-28(39)32-15-20(2)18-38/h5-10,16,19-21,38H,4,11-15,17-18H2,1-3H3,(H,32,39). The van der Waals surface area contributed by atoms with Crippen LogP contribution in [0.3, 0.4) is 0 Å². The molecule has 0 radical (unpaired) electrons. The summed E-state index contributed by atoms with van der Waals surface area (Å²) >= 11 is 1.56. The lowest BCUT2D eigenvalue weighted by Gasteiger charge is -2.31. The highest BCUT2D eigenvalue weighted by atomic mass is 32.1. The van der Waals surface area contributed by atoms with Gasteiger partial charge in [0.15, 0.2) is 5.13 Å². The molecule has 10 heteroatoms. The summed E-state index contributed by atoms with van der Waals surface area (Å²) in [5.74, 6) is 1.24. The largest absolute Gasteiger partial charge is 0.396 e. The third kappa shape index (κ3) is 6.19. The predicted molar refractivity (Wildman–Crippen MR) is 158 cm³/mol. The van der Waals surface area contributed by atoms with Crippen molar-refractivity contribution < 1.29 is 14.3 Å². The zero-order valence-corrected chi connectivity index (χ0v) is 24.1. The summed E-state index contributed by atoms with van der Waals surface area (Å²) in [7, 11) is 2.02. The number of aromatic nitrogens is 3. The molecule has 1 fully saturated rings. The van der Waals surface area contributed by atoms with Gasteiger partial charge in [0.2, 0.25) is 5.91 Å². The van der Waals surface area contributed by atoms with Crippen LogP contribution in [0.2, 0.25) is 0 Å². The van der Waals surface area contributed by atoms with E-state index in [0.29, 0.717) is 19.0 Å². The number of piperidine rings is 1. The van der Waals surface area contributed by atoms with E-state index in [9.17, 15) is 9.18 Å². The fraction of sp³-hybridized carbons (Fsp3) is 0.433. The van der Waals surface area contributed by atoms with Crippen molar-refractivity contribution in [2.75, 3.05) is 44.7 Å². The van der Waals surface area contributed by atoms with E-state index >= 15 is 0 Å². The van der Waals surface area contributed by atoms with Gasteiger partial charge in [-0.05, 0) is 80.1 Å². The number of pyridine rings is 1. The van der Waals surface area contributed by atoms with Gasteiger partial charge in [0.1, 0.15) is 17.3 Å². The van der Waals surface area contributed by atoms with Crippen LogP contribution in [-0.2, 0) is 11.2 Å². The number of hydrogen-bond acceptors (Lipinski definition) is 7. The van der Waals surface area contributed by atoms with Gasteiger partial charge in [-0.15, -0.1) is 11.3 Å². The Morgan fingerprint density at radius 2 is 1.95 bits per heavy atom. The molecule has 4 aromatic rings. The van der Waals surface area contributed by atoms with E-state index in [0.717, 1.165) is 65.9 Å². The number of hydrogen-bond donors (Lipinski definition) is 2. The van der Waals surface area contributed by atoms with Gasteiger partial charge in [0, 0.05) is 37.3 Å². The number of likely N-dealkylation sites (tertiary alicyclic amines) is 1. The lowest BCUT2D eigenvalue weighted by Crippen LogP contribution is -2.42. The van der Waals surface area contributed by atoms with Crippen molar-refractivity contribution in [3.63, 3.8) is 0 Å². The molecule has 1 aliphatic heterocycles. The predicted octanol–water partition coefficient (Wildman–Crippen LogP) is 4.85. The van der Waals surface area contributed by atoms with Gasteiger partial charge in [-0.2, -0.15) is 0 Å². The number of halogens is 1. The zero-order chi connectivity index (χ0) is 28.2. The zero-order valence-electron chi connectivity index (χ0n) is 23.3. The van der Waals surface area contributed by atoms with E-state index < -0.39 is 0 Å². The number of carbonyl (C=O) groups is 1. The van der Waals surface area contributed by atoms with E-state index in [1.165, 1.54) is 17.7 Å². The maximum atomic E-state index is 13.4. The lowest BCUT2D eigenvalue weighted by molar-refractivity contribution is -0.122. The monoisotopic (exact) mass is 564 g/mol. The number of benzene rings is 1. The summed E-state index contributed by atoms with van der Waals surface area (Å²) in [6.07, 6.45) is 4.98. The first-order valence-corrected chi connectivity index (χ1v) is 14.8. The first kappa shape index (κ1) is 28.2. The fourth-order valence-electron chi connectivity index (χ4n) is 5.23.